The Morgan fingerprint density at radius 3 is 2.90 bits per heavy atom. The first-order chi connectivity index (χ1) is 10.1. The van der Waals surface area contributed by atoms with E-state index < -0.39 is 0 Å². The van der Waals surface area contributed by atoms with E-state index in [1.54, 1.807) is 11.3 Å². The van der Waals surface area contributed by atoms with E-state index in [9.17, 15) is 4.79 Å². The summed E-state index contributed by atoms with van der Waals surface area (Å²) in [5.41, 5.74) is 8.89. The smallest absolute Gasteiger partial charge is 0.253 e. The van der Waals surface area contributed by atoms with Crippen LogP contribution in [0.25, 0.3) is 0 Å². The molecule has 1 aromatic heterocycles. The molecular formula is C17H18N2OS. The Bertz CT molecular complexity index is 681. The van der Waals surface area contributed by atoms with E-state index in [2.05, 4.69) is 17.2 Å². The minimum absolute atomic E-state index is 0.0274. The quantitative estimate of drug-likeness (QED) is 0.856. The largest absolute Gasteiger partial charge is 0.345 e. The van der Waals surface area contributed by atoms with Gasteiger partial charge in [0, 0.05) is 5.56 Å². The van der Waals surface area contributed by atoms with Gasteiger partial charge < -0.3 is 11.1 Å². The Balaban J connectivity index is 2.22. The standard InChI is InChI=1S/C17H18N2OS/c1-12-5-6-16(14(10-12)4-3-8-18)17(20)19-13(2)15-7-9-21-11-15/h5-7,9-11,13H,8,18H2,1-2H3,(H,19,20). The van der Waals surface area contributed by atoms with Crippen LogP contribution < -0.4 is 11.1 Å². The van der Waals surface area contributed by atoms with Crippen LogP contribution >= 0.6 is 11.3 Å². The predicted octanol–water partition coefficient (Wildman–Crippen LogP) is 2.86. The summed E-state index contributed by atoms with van der Waals surface area (Å²) in [7, 11) is 0. The molecule has 4 heteroatoms. The summed E-state index contributed by atoms with van der Waals surface area (Å²) in [5, 5.41) is 7.04. The first kappa shape index (κ1) is 15.3. The van der Waals surface area contributed by atoms with Crippen molar-refractivity contribution in [3.8, 4) is 11.8 Å². The molecule has 0 bridgehead atoms. The molecule has 2 aromatic rings. The number of carbonyl (C=O) groups excluding carboxylic acids is 1. The van der Waals surface area contributed by atoms with Gasteiger partial charge in [-0.25, -0.2) is 0 Å². The Morgan fingerprint density at radius 1 is 1.43 bits per heavy atom. The molecule has 3 N–H and O–H groups in total. The second kappa shape index (κ2) is 7.07. The molecule has 2 rings (SSSR count). The molecule has 1 atom stereocenters. The Kier molecular flexibility index (Phi) is 5.15. The SMILES string of the molecule is Cc1ccc(C(=O)NC(C)c2ccsc2)c(C#CCN)c1. The van der Waals surface area contributed by atoms with Crippen LogP contribution in [0.15, 0.2) is 35.0 Å². The van der Waals surface area contributed by atoms with Gasteiger partial charge >= 0.3 is 0 Å². The second-order valence-electron chi connectivity index (χ2n) is 4.81. The van der Waals surface area contributed by atoms with E-state index in [1.807, 2.05) is 48.9 Å². The van der Waals surface area contributed by atoms with Gasteiger partial charge in [-0.2, -0.15) is 11.3 Å². The minimum Gasteiger partial charge on any atom is -0.345 e. The average molecular weight is 298 g/mol. The fourth-order valence-electron chi connectivity index (χ4n) is 1.98. The van der Waals surface area contributed by atoms with Crippen LogP contribution in [0.2, 0.25) is 0 Å². The normalized spacial score (nSPS) is 11.4. The number of nitrogens with one attached hydrogen (secondary N) is 1. The Morgan fingerprint density at radius 2 is 2.24 bits per heavy atom. The first-order valence-corrected chi connectivity index (χ1v) is 7.68. The topological polar surface area (TPSA) is 55.1 Å². The number of hydrogen-bond acceptors (Lipinski definition) is 3. The molecule has 1 heterocycles. The van der Waals surface area contributed by atoms with Crippen LogP contribution in [0.5, 0.6) is 0 Å². The van der Waals surface area contributed by atoms with E-state index in [0.717, 1.165) is 16.7 Å². The molecule has 0 aliphatic carbocycles. The van der Waals surface area contributed by atoms with Gasteiger partial charge in [0.1, 0.15) is 0 Å². The Labute approximate surface area is 129 Å². The molecule has 0 saturated carbocycles. The molecule has 0 aliphatic rings. The molecule has 1 unspecified atom stereocenters. The number of rotatable bonds is 3. The van der Waals surface area contributed by atoms with Crippen LogP contribution in [0.1, 0.15) is 40.0 Å². The average Bonchev–Trinajstić information content (AvgIpc) is 2.99. The lowest BCUT2D eigenvalue weighted by molar-refractivity contribution is 0.0939. The van der Waals surface area contributed by atoms with Gasteiger partial charge in [0.25, 0.3) is 5.91 Å². The highest BCUT2D eigenvalue weighted by atomic mass is 32.1. The van der Waals surface area contributed by atoms with Crippen molar-refractivity contribution in [3.63, 3.8) is 0 Å². The number of amides is 1. The molecule has 21 heavy (non-hydrogen) atoms. The summed E-state index contributed by atoms with van der Waals surface area (Å²) >= 11 is 1.62. The molecular weight excluding hydrogens is 280 g/mol. The number of aryl methyl sites for hydroxylation is 1. The monoisotopic (exact) mass is 298 g/mol. The molecule has 1 amide bonds. The van der Waals surface area contributed by atoms with Gasteiger partial charge in [0.05, 0.1) is 18.2 Å². The van der Waals surface area contributed by atoms with Crippen molar-refractivity contribution >= 4 is 17.2 Å². The van der Waals surface area contributed by atoms with Gasteiger partial charge in [0.15, 0.2) is 0 Å². The first-order valence-electron chi connectivity index (χ1n) is 6.74. The highest BCUT2D eigenvalue weighted by molar-refractivity contribution is 7.07. The van der Waals surface area contributed by atoms with Gasteiger partial charge in [0.2, 0.25) is 0 Å². The molecule has 3 nitrogen and oxygen atoms in total. The van der Waals surface area contributed by atoms with Crippen molar-refractivity contribution < 1.29 is 4.79 Å². The van der Waals surface area contributed by atoms with Gasteiger partial charge in [-0.05, 0) is 53.9 Å². The maximum Gasteiger partial charge on any atom is 0.253 e. The number of hydrogen-bond donors (Lipinski definition) is 2. The molecule has 0 radical (unpaired) electrons. The van der Waals surface area contributed by atoms with Crippen LogP contribution in [0.4, 0.5) is 0 Å². The highest BCUT2D eigenvalue weighted by Gasteiger charge is 2.14. The third-order valence-electron chi connectivity index (χ3n) is 3.14. The fourth-order valence-corrected chi connectivity index (χ4v) is 2.74. The van der Waals surface area contributed by atoms with Crippen molar-refractivity contribution in [2.24, 2.45) is 5.73 Å². The van der Waals surface area contributed by atoms with Crippen molar-refractivity contribution in [1.82, 2.24) is 5.32 Å². The number of carbonyl (C=O) groups is 1. The maximum absolute atomic E-state index is 12.4. The van der Waals surface area contributed by atoms with E-state index in [4.69, 9.17) is 5.73 Å². The van der Waals surface area contributed by atoms with E-state index in [0.29, 0.717) is 5.56 Å². The van der Waals surface area contributed by atoms with Gasteiger partial charge in [-0.3, -0.25) is 4.79 Å². The van der Waals surface area contributed by atoms with Crippen LogP contribution in [0, 0.1) is 18.8 Å². The summed E-state index contributed by atoms with van der Waals surface area (Å²) < 4.78 is 0. The highest BCUT2D eigenvalue weighted by Crippen LogP contribution is 2.17. The van der Waals surface area contributed by atoms with E-state index in [1.165, 1.54) is 0 Å². The molecule has 0 spiro atoms. The summed E-state index contributed by atoms with van der Waals surface area (Å²) in [4.78, 5) is 12.4. The number of nitrogens with two attached hydrogens (primary N) is 1. The van der Waals surface area contributed by atoms with Crippen molar-refractivity contribution in [2.75, 3.05) is 6.54 Å². The fraction of sp³-hybridized carbons (Fsp3) is 0.235. The minimum atomic E-state index is -0.116. The van der Waals surface area contributed by atoms with E-state index >= 15 is 0 Å². The van der Waals surface area contributed by atoms with Crippen LogP contribution in [-0.2, 0) is 0 Å². The lowest BCUT2D eigenvalue weighted by Crippen LogP contribution is -2.27. The third kappa shape index (κ3) is 3.94. The van der Waals surface area contributed by atoms with Gasteiger partial charge in [-0.15, -0.1) is 0 Å². The summed E-state index contributed by atoms with van der Waals surface area (Å²) in [5.74, 6) is 5.66. The summed E-state index contributed by atoms with van der Waals surface area (Å²) in [6, 6.07) is 7.62. The van der Waals surface area contributed by atoms with Crippen molar-refractivity contribution in [3.05, 3.63) is 57.3 Å². The lowest BCUT2D eigenvalue weighted by atomic mass is 10.0. The summed E-state index contributed by atoms with van der Waals surface area (Å²) in [6.45, 7) is 4.23. The molecule has 108 valence electrons. The van der Waals surface area contributed by atoms with E-state index in [-0.39, 0.29) is 18.5 Å². The maximum atomic E-state index is 12.4. The molecule has 1 aromatic carbocycles. The third-order valence-corrected chi connectivity index (χ3v) is 3.84. The second-order valence-corrected chi connectivity index (χ2v) is 5.59. The van der Waals surface area contributed by atoms with Gasteiger partial charge in [-0.1, -0.05) is 17.9 Å². The van der Waals surface area contributed by atoms with Crippen molar-refractivity contribution in [1.29, 1.82) is 0 Å². The lowest BCUT2D eigenvalue weighted by Gasteiger charge is -2.13. The van der Waals surface area contributed by atoms with Crippen molar-refractivity contribution in [2.45, 2.75) is 19.9 Å². The molecule has 0 aliphatic heterocycles. The zero-order valence-electron chi connectivity index (χ0n) is 12.1. The van der Waals surface area contributed by atoms with Crippen LogP contribution in [0.3, 0.4) is 0 Å². The zero-order chi connectivity index (χ0) is 15.2. The Hall–Kier alpha value is -2.09. The van der Waals surface area contributed by atoms with Crippen LogP contribution in [-0.4, -0.2) is 12.5 Å². The number of benzene rings is 1. The predicted molar refractivity (Wildman–Crippen MR) is 87.3 cm³/mol. The summed E-state index contributed by atoms with van der Waals surface area (Å²) in [6.07, 6.45) is 0. The zero-order valence-corrected chi connectivity index (χ0v) is 13.0. The number of thiophene rings is 1. The molecule has 0 saturated heterocycles. The molecule has 0 fully saturated rings.